The summed E-state index contributed by atoms with van der Waals surface area (Å²) in [5.74, 6) is 1.75. The molecule has 3 heterocycles. The van der Waals surface area contributed by atoms with Crippen molar-refractivity contribution in [3.8, 4) is 0 Å². The fourth-order valence-electron chi connectivity index (χ4n) is 4.39. The second-order valence-electron chi connectivity index (χ2n) is 8.37. The number of thioether (sulfide) groups is 1. The van der Waals surface area contributed by atoms with Gasteiger partial charge in [-0.05, 0) is 30.0 Å². The Morgan fingerprint density at radius 3 is 2.45 bits per heavy atom. The Bertz CT molecular complexity index is 1100. The smallest absolute Gasteiger partial charge is 0.246 e. The van der Waals surface area contributed by atoms with Crippen molar-refractivity contribution in [2.24, 2.45) is 11.0 Å². The molecule has 33 heavy (non-hydrogen) atoms. The average molecular weight is 458 g/mol. The Kier molecular flexibility index (Phi) is 6.67. The summed E-state index contributed by atoms with van der Waals surface area (Å²) >= 11 is 1.72. The van der Waals surface area contributed by atoms with Crippen LogP contribution >= 0.6 is 11.8 Å². The Morgan fingerprint density at radius 2 is 1.70 bits per heavy atom. The highest BCUT2D eigenvalue weighted by Crippen LogP contribution is 2.32. The normalized spacial score (nSPS) is 18.6. The second-order valence-corrected chi connectivity index (χ2v) is 9.37. The van der Waals surface area contributed by atoms with Crippen LogP contribution in [0.2, 0.25) is 0 Å². The highest BCUT2D eigenvalue weighted by molar-refractivity contribution is 7.98. The van der Waals surface area contributed by atoms with Gasteiger partial charge in [0.15, 0.2) is 0 Å². The topological polar surface area (TPSA) is 61.7 Å². The standard InChI is InChI=1S/C26H27N5OS/c32-25(31-23(11-16-28-31)21-9-5-2-6-10-21)22-13-17-30(18-14-22)26-27-15-12-24(29-26)33-19-20-7-3-1-4-8-20/h1-10,12,15-16,22-23H,11,13-14,17-19H2. The summed E-state index contributed by atoms with van der Waals surface area (Å²) in [6.07, 6.45) is 6.04. The van der Waals surface area contributed by atoms with Gasteiger partial charge in [-0.3, -0.25) is 4.79 Å². The number of hydrogen-bond acceptors (Lipinski definition) is 6. The van der Waals surface area contributed by atoms with E-state index in [2.05, 4.69) is 51.4 Å². The summed E-state index contributed by atoms with van der Waals surface area (Å²) in [5, 5.41) is 7.09. The van der Waals surface area contributed by atoms with E-state index >= 15 is 0 Å². The zero-order chi connectivity index (χ0) is 22.5. The van der Waals surface area contributed by atoms with Crippen LogP contribution in [0.3, 0.4) is 0 Å². The molecule has 1 amide bonds. The van der Waals surface area contributed by atoms with Crippen LogP contribution in [0.15, 0.2) is 83.1 Å². The van der Waals surface area contributed by atoms with Crippen molar-refractivity contribution in [1.82, 2.24) is 15.0 Å². The molecule has 0 bridgehead atoms. The lowest BCUT2D eigenvalue weighted by Gasteiger charge is -2.33. The molecule has 1 unspecified atom stereocenters. The molecule has 2 aromatic carbocycles. The molecule has 0 saturated carbocycles. The summed E-state index contributed by atoms with van der Waals surface area (Å²) in [6, 6.07) is 22.5. The maximum atomic E-state index is 13.3. The lowest BCUT2D eigenvalue weighted by Crippen LogP contribution is -2.41. The Hall–Kier alpha value is -3.19. The van der Waals surface area contributed by atoms with Gasteiger partial charge in [-0.2, -0.15) is 5.10 Å². The minimum Gasteiger partial charge on any atom is -0.341 e. The van der Waals surface area contributed by atoms with E-state index in [1.165, 1.54) is 5.56 Å². The highest BCUT2D eigenvalue weighted by Gasteiger charge is 2.35. The number of aromatic nitrogens is 2. The van der Waals surface area contributed by atoms with Gasteiger partial charge in [0.05, 0.1) is 6.04 Å². The second kappa shape index (κ2) is 10.2. The number of carbonyl (C=O) groups is 1. The molecule has 1 fully saturated rings. The summed E-state index contributed by atoms with van der Waals surface area (Å²) in [5.41, 5.74) is 2.42. The number of nitrogens with zero attached hydrogens (tertiary/aromatic N) is 5. The lowest BCUT2D eigenvalue weighted by molar-refractivity contribution is -0.138. The summed E-state index contributed by atoms with van der Waals surface area (Å²) < 4.78 is 0. The molecule has 1 atom stereocenters. The summed E-state index contributed by atoms with van der Waals surface area (Å²) in [4.78, 5) is 24.7. The molecular formula is C26H27N5OS. The van der Waals surface area contributed by atoms with E-state index in [9.17, 15) is 4.79 Å². The van der Waals surface area contributed by atoms with Crippen molar-refractivity contribution in [3.63, 3.8) is 0 Å². The minimum atomic E-state index is -0.0154. The molecular weight excluding hydrogens is 430 g/mol. The maximum Gasteiger partial charge on any atom is 0.246 e. The number of amides is 1. The molecule has 1 aromatic heterocycles. The quantitative estimate of drug-likeness (QED) is 0.387. The highest BCUT2D eigenvalue weighted by atomic mass is 32.2. The molecule has 0 radical (unpaired) electrons. The first-order valence-electron chi connectivity index (χ1n) is 11.4. The van der Waals surface area contributed by atoms with Crippen molar-refractivity contribution in [3.05, 3.63) is 84.1 Å². The zero-order valence-corrected chi connectivity index (χ0v) is 19.3. The lowest BCUT2D eigenvalue weighted by atomic mass is 9.94. The Balaban J connectivity index is 1.18. The van der Waals surface area contributed by atoms with Gasteiger partial charge < -0.3 is 4.90 Å². The fourth-order valence-corrected chi connectivity index (χ4v) is 5.20. The van der Waals surface area contributed by atoms with Gasteiger partial charge in [-0.25, -0.2) is 15.0 Å². The SMILES string of the molecule is O=C(C1CCN(c2nccc(SCc3ccccc3)n2)CC1)N1N=CCC1c1ccccc1. The van der Waals surface area contributed by atoms with Gasteiger partial charge in [0.25, 0.3) is 0 Å². The molecule has 3 aromatic rings. The Morgan fingerprint density at radius 1 is 0.970 bits per heavy atom. The van der Waals surface area contributed by atoms with Gasteiger partial charge in [-0.15, -0.1) is 11.8 Å². The molecule has 0 spiro atoms. The number of carbonyl (C=O) groups excluding carboxylic acids is 1. The first kappa shape index (κ1) is 21.6. The van der Waals surface area contributed by atoms with Crippen LogP contribution < -0.4 is 4.90 Å². The van der Waals surface area contributed by atoms with E-state index in [1.54, 1.807) is 16.8 Å². The van der Waals surface area contributed by atoms with Gasteiger partial charge >= 0.3 is 0 Å². The van der Waals surface area contributed by atoms with E-state index in [-0.39, 0.29) is 17.9 Å². The number of anilines is 1. The first-order valence-corrected chi connectivity index (χ1v) is 12.4. The molecule has 6 nitrogen and oxygen atoms in total. The number of hydrazone groups is 1. The fraction of sp³-hybridized carbons (Fsp3) is 0.308. The third kappa shape index (κ3) is 5.09. The van der Waals surface area contributed by atoms with E-state index < -0.39 is 0 Å². The van der Waals surface area contributed by atoms with Gasteiger partial charge in [0, 0.05) is 43.6 Å². The first-order chi connectivity index (χ1) is 16.3. The van der Waals surface area contributed by atoms with Gasteiger partial charge in [-0.1, -0.05) is 60.7 Å². The van der Waals surface area contributed by atoms with Crippen molar-refractivity contribution in [2.45, 2.75) is 36.1 Å². The summed E-state index contributed by atoms with van der Waals surface area (Å²) in [7, 11) is 0. The average Bonchev–Trinajstić information content (AvgIpc) is 3.39. The molecule has 168 valence electrons. The molecule has 2 aliphatic rings. The van der Waals surface area contributed by atoms with Crippen LogP contribution in [0.5, 0.6) is 0 Å². The molecule has 5 rings (SSSR count). The van der Waals surface area contributed by atoms with Gasteiger partial charge in [0.2, 0.25) is 11.9 Å². The van der Waals surface area contributed by atoms with Crippen LogP contribution in [0.1, 0.15) is 36.4 Å². The van der Waals surface area contributed by atoms with Crippen molar-refractivity contribution < 1.29 is 4.79 Å². The van der Waals surface area contributed by atoms with Crippen LogP contribution in [0.25, 0.3) is 0 Å². The van der Waals surface area contributed by atoms with E-state index in [0.29, 0.717) is 0 Å². The van der Waals surface area contributed by atoms with Gasteiger partial charge in [0.1, 0.15) is 5.03 Å². The van der Waals surface area contributed by atoms with E-state index in [4.69, 9.17) is 4.98 Å². The van der Waals surface area contributed by atoms with Crippen molar-refractivity contribution >= 4 is 29.8 Å². The predicted octanol–water partition coefficient (Wildman–Crippen LogP) is 4.94. The van der Waals surface area contributed by atoms with Crippen LogP contribution in [0.4, 0.5) is 5.95 Å². The molecule has 1 saturated heterocycles. The van der Waals surface area contributed by atoms with E-state index in [1.807, 2.05) is 42.7 Å². The van der Waals surface area contributed by atoms with Crippen molar-refractivity contribution in [1.29, 1.82) is 0 Å². The monoisotopic (exact) mass is 457 g/mol. The molecule has 2 aliphatic heterocycles. The Labute approximate surface area is 198 Å². The third-order valence-corrected chi connectivity index (χ3v) is 7.21. The number of piperidine rings is 1. The van der Waals surface area contributed by atoms with Crippen LogP contribution in [-0.2, 0) is 10.5 Å². The summed E-state index contributed by atoms with van der Waals surface area (Å²) in [6.45, 7) is 1.55. The number of rotatable bonds is 6. The van der Waals surface area contributed by atoms with Crippen molar-refractivity contribution in [2.75, 3.05) is 18.0 Å². The van der Waals surface area contributed by atoms with E-state index in [0.717, 1.165) is 54.6 Å². The number of benzene rings is 2. The molecule has 0 aliphatic carbocycles. The predicted molar refractivity (Wildman–Crippen MR) is 132 cm³/mol. The molecule has 0 N–H and O–H groups in total. The minimum absolute atomic E-state index is 0.0124. The molecule has 7 heteroatoms. The third-order valence-electron chi connectivity index (χ3n) is 6.21. The van der Waals surface area contributed by atoms with Crippen LogP contribution in [0, 0.1) is 5.92 Å². The number of hydrogen-bond donors (Lipinski definition) is 0. The maximum absolute atomic E-state index is 13.3. The largest absolute Gasteiger partial charge is 0.341 e. The van der Waals surface area contributed by atoms with Crippen LogP contribution in [-0.4, -0.2) is 40.2 Å². The zero-order valence-electron chi connectivity index (χ0n) is 18.5.